The minimum Gasteiger partial charge on any atom is -0.489 e. The molecule has 1 fully saturated rings. The van der Waals surface area contributed by atoms with Crippen LogP contribution in [0.25, 0.3) is 0 Å². The Morgan fingerprint density at radius 3 is 2.89 bits per heavy atom. The van der Waals surface area contributed by atoms with E-state index in [-0.39, 0.29) is 18.7 Å². The minimum absolute atomic E-state index is 0.0196. The number of fused-ring (bicyclic) bond motifs is 1. The van der Waals surface area contributed by atoms with E-state index in [1.165, 1.54) is 0 Å². The predicted octanol–water partition coefficient (Wildman–Crippen LogP) is 3.45. The van der Waals surface area contributed by atoms with Crippen molar-refractivity contribution in [3.8, 4) is 17.2 Å². The summed E-state index contributed by atoms with van der Waals surface area (Å²) in [4.78, 5) is 12.3. The first-order valence-electron chi connectivity index (χ1n) is 9.34. The number of hydrogen-bond donors (Lipinski definition) is 2. The summed E-state index contributed by atoms with van der Waals surface area (Å²) in [5.41, 5.74) is 7.81. The number of anilines is 1. The van der Waals surface area contributed by atoms with Gasteiger partial charge in [0.05, 0.1) is 0 Å². The Morgan fingerprint density at radius 1 is 1.15 bits per heavy atom. The summed E-state index contributed by atoms with van der Waals surface area (Å²) in [6, 6.07) is 13.4. The second-order valence-corrected chi connectivity index (χ2v) is 7.11. The molecule has 1 saturated carbocycles. The van der Waals surface area contributed by atoms with Crippen LogP contribution in [-0.2, 0) is 11.4 Å². The summed E-state index contributed by atoms with van der Waals surface area (Å²) in [7, 11) is 0. The van der Waals surface area contributed by atoms with Crippen LogP contribution >= 0.6 is 0 Å². The highest BCUT2D eigenvalue weighted by molar-refractivity contribution is 5.91. The lowest BCUT2D eigenvalue weighted by Gasteiger charge is -2.15. The van der Waals surface area contributed by atoms with E-state index in [1.54, 1.807) is 0 Å². The summed E-state index contributed by atoms with van der Waals surface area (Å²) in [5.74, 6) is 2.45. The number of nitrogens with one attached hydrogen (secondary N) is 1. The molecule has 0 aromatic heterocycles. The van der Waals surface area contributed by atoms with Crippen molar-refractivity contribution in [3.63, 3.8) is 0 Å². The van der Waals surface area contributed by atoms with Gasteiger partial charge in [0, 0.05) is 24.2 Å². The van der Waals surface area contributed by atoms with Crippen molar-refractivity contribution in [2.75, 3.05) is 12.1 Å². The van der Waals surface area contributed by atoms with Crippen LogP contribution in [0.4, 0.5) is 5.69 Å². The molecule has 0 bridgehead atoms. The van der Waals surface area contributed by atoms with E-state index in [9.17, 15) is 4.79 Å². The third kappa shape index (κ3) is 4.34. The van der Waals surface area contributed by atoms with Gasteiger partial charge < -0.3 is 25.3 Å². The van der Waals surface area contributed by atoms with Crippen LogP contribution in [0.1, 0.15) is 31.2 Å². The molecule has 0 unspecified atom stereocenters. The van der Waals surface area contributed by atoms with Gasteiger partial charge in [0.1, 0.15) is 12.4 Å². The third-order valence-electron chi connectivity index (χ3n) is 5.13. The molecule has 1 heterocycles. The molecule has 0 spiro atoms. The summed E-state index contributed by atoms with van der Waals surface area (Å²) in [6.07, 6.45) is 3.66. The molecule has 6 nitrogen and oxygen atoms in total. The fourth-order valence-electron chi connectivity index (χ4n) is 3.64. The Kier molecular flexibility index (Phi) is 5.16. The van der Waals surface area contributed by atoms with Crippen molar-refractivity contribution in [1.82, 2.24) is 0 Å². The molecular weight excluding hydrogens is 344 g/mol. The standard InChI is InChI=1S/C21H24N2O4/c22-18-6-2-4-15(18)10-21(24)23-16-5-1-3-14(9-16)12-25-17-7-8-19-20(11-17)27-13-26-19/h1,3,5,7-9,11,15,18H,2,4,6,10,12-13,22H2,(H,23,24)/t15-,18+/m0/s1. The zero-order valence-electron chi connectivity index (χ0n) is 15.1. The van der Waals surface area contributed by atoms with Crippen molar-refractivity contribution >= 4 is 11.6 Å². The topological polar surface area (TPSA) is 82.8 Å². The van der Waals surface area contributed by atoms with Gasteiger partial charge in [-0.3, -0.25) is 4.79 Å². The van der Waals surface area contributed by atoms with Gasteiger partial charge in [-0.25, -0.2) is 0 Å². The van der Waals surface area contributed by atoms with Gasteiger partial charge in [-0.1, -0.05) is 18.6 Å². The maximum absolute atomic E-state index is 12.3. The van der Waals surface area contributed by atoms with E-state index >= 15 is 0 Å². The lowest BCUT2D eigenvalue weighted by atomic mass is 10.00. The molecule has 2 atom stereocenters. The predicted molar refractivity (Wildman–Crippen MR) is 102 cm³/mol. The molecule has 2 aromatic rings. The molecule has 6 heteroatoms. The Balaban J connectivity index is 1.32. The second kappa shape index (κ2) is 7.88. The quantitative estimate of drug-likeness (QED) is 0.816. The number of nitrogens with two attached hydrogens (primary N) is 1. The van der Waals surface area contributed by atoms with E-state index in [4.69, 9.17) is 19.9 Å². The smallest absolute Gasteiger partial charge is 0.231 e. The van der Waals surface area contributed by atoms with Gasteiger partial charge in [0.15, 0.2) is 11.5 Å². The molecule has 1 aliphatic heterocycles. The highest BCUT2D eigenvalue weighted by atomic mass is 16.7. The first kappa shape index (κ1) is 17.7. The van der Waals surface area contributed by atoms with E-state index < -0.39 is 0 Å². The molecule has 1 aliphatic carbocycles. The molecule has 27 heavy (non-hydrogen) atoms. The number of rotatable bonds is 6. The zero-order valence-corrected chi connectivity index (χ0v) is 15.1. The van der Waals surface area contributed by atoms with E-state index in [1.807, 2.05) is 42.5 Å². The van der Waals surface area contributed by atoms with Crippen molar-refractivity contribution < 1.29 is 19.0 Å². The van der Waals surface area contributed by atoms with Gasteiger partial charge in [-0.2, -0.15) is 0 Å². The van der Waals surface area contributed by atoms with Gasteiger partial charge >= 0.3 is 0 Å². The first-order chi connectivity index (χ1) is 13.2. The zero-order chi connectivity index (χ0) is 18.6. The summed E-state index contributed by atoms with van der Waals surface area (Å²) < 4.78 is 16.5. The maximum atomic E-state index is 12.3. The van der Waals surface area contributed by atoms with E-state index in [0.717, 1.165) is 36.3 Å². The molecule has 2 aromatic carbocycles. The molecule has 1 amide bonds. The van der Waals surface area contributed by atoms with E-state index in [2.05, 4.69) is 5.32 Å². The molecule has 0 radical (unpaired) electrons. The summed E-state index contributed by atoms with van der Waals surface area (Å²) in [5, 5.41) is 2.98. The summed E-state index contributed by atoms with van der Waals surface area (Å²) in [6.45, 7) is 0.642. The van der Waals surface area contributed by atoms with Gasteiger partial charge in [-0.05, 0) is 48.6 Å². The van der Waals surface area contributed by atoms with E-state index in [0.29, 0.717) is 30.4 Å². The Bertz CT molecular complexity index is 824. The fourth-order valence-corrected chi connectivity index (χ4v) is 3.64. The summed E-state index contributed by atoms with van der Waals surface area (Å²) >= 11 is 0. The largest absolute Gasteiger partial charge is 0.489 e. The molecule has 3 N–H and O–H groups in total. The normalized spacial score (nSPS) is 20.5. The minimum atomic E-state index is 0.0196. The van der Waals surface area contributed by atoms with Crippen LogP contribution in [0.5, 0.6) is 17.2 Å². The third-order valence-corrected chi connectivity index (χ3v) is 5.13. The van der Waals surface area contributed by atoms with Gasteiger partial charge in [0.25, 0.3) is 0 Å². The number of hydrogen-bond acceptors (Lipinski definition) is 5. The van der Waals surface area contributed by atoms with Crippen LogP contribution in [0.15, 0.2) is 42.5 Å². The highest BCUT2D eigenvalue weighted by Gasteiger charge is 2.26. The van der Waals surface area contributed by atoms with Crippen LogP contribution in [-0.4, -0.2) is 18.7 Å². The number of ether oxygens (including phenoxy) is 3. The Labute approximate surface area is 158 Å². The first-order valence-corrected chi connectivity index (χ1v) is 9.34. The SMILES string of the molecule is N[C@@H]1CCC[C@H]1CC(=O)Nc1cccc(COc2ccc3c(c2)OCO3)c1. The maximum Gasteiger partial charge on any atom is 0.231 e. The van der Waals surface area contributed by atoms with Gasteiger partial charge in [0.2, 0.25) is 12.7 Å². The number of benzene rings is 2. The van der Waals surface area contributed by atoms with Crippen LogP contribution in [0, 0.1) is 5.92 Å². The lowest BCUT2D eigenvalue weighted by Crippen LogP contribution is -2.28. The van der Waals surface area contributed by atoms with Crippen LogP contribution in [0.3, 0.4) is 0 Å². The Morgan fingerprint density at radius 2 is 2.04 bits per heavy atom. The molecule has 4 rings (SSSR count). The molecule has 2 aliphatic rings. The van der Waals surface area contributed by atoms with Crippen molar-refractivity contribution in [1.29, 1.82) is 0 Å². The van der Waals surface area contributed by atoms with Crippen molar-refractivity contribution in [2.24, 2.45) is 11.7 Å². The molecular formula is C21H24N2O4. The van der Waals surface area contributed by atoms with Crippen LogP contribution in [0.2, 0.25) is 0 Å². The highest BCUT2D eigenvalue weighted by Crippen LogP contribution is 2.35. The van der Waals surface area contributed by atoms with Crippen molar-refractivity contribution in [2.45, 2.75) is 38.3 Å². The molecule has 142 valence electrons. The Hall–Kier alpha value is -2.73. The average molecular weight is 368 g/mol. The monoisotopic (exact) mass is 368 g/mol. The number of amides is 1. The van der Waals surface area contributed by atoms with Gasteiger partial charge in [-0.15, -0.1) is 0 Å². The van der Waals surface area contributed by atoms with Crippen molar-refractivity contribution in [3.05, 3.63) is 48.0 Å². The lowest BCUT2D eigenvalue weighted by molar-refractivity contribution is -0.117. The molecule has 0 saturated heterocycles. The average Bonchev–Trinajstić information content (AvgIpc) is 3.29. The van der Waals surface area contributed by atoms with Crippen LogP contribution < -0.4 is 25.3 Å². The second-order valence-electron chi connectivity index (χ2n) is 7.11. The number of carbonyl (C=O) groups is 1. The fraction of sp³-hybridized carbons (Fsp3) is 0.381. The number of carbonyl (C=O) groups excluding carboxylic acids is 1.